The molecule has 0 bridgehead atoms. The van der Waals surface area contributed by atoms with Gasteiger partial charge in [0.25, 0.3) is 5.52 Å². The van der Waals surface area contributed by atoms with Gasteiger partial charge in [0.2, 0.25) is 0 Å². The van der Waals surface area contributed by atoms with Crippen LogP contribution in [0.5, 0.6) is 0 Å². The van der Waals surface area contributed by atoms with Gasteiger partial charge in [-0.3, -0.25) is 4.79 Å². The third kappa shape index (κ3) is 2.99. The highest BCUT2D eigenvalue weighted by molar-refractivity contribution is 7.89. The molecule has 0 heterocycles. The summed E-state index contributed by atoms with van der Waals surface area (Å²) in [7, 11) is -0.205. The summed E-state index contributed by atoms with van der Waals surface area (Å²) in [5.74, 6) is -1.36. The molecule has 1 N–H and O–H groups in total. The highest BCUT2D eigenvalue weighted by atomic mass is 32.1. The van der Waals surface area contributed by atoms with Crippen molar-refractivity contribution in [1.29, 1.82) is 0 Å². The number of carbonyl (C=O) groups excluding carboxylic acids is 1. The maximum absolute atomic E-state index is 10.1. The SMILES string of the molecule is O=C(O)C(=O)PCS. The van der Waals surface area contributed by atoms with Gasteiger partial charge in [-0.05, 0) is 8.58 Å². The molecular weight excluding hydrogens is 147 g/mol. The lowest BCUT2D eigenvalue weighted by atomic mass is 10.8. The third-order valence-electron chi connectivity index (χ3n) is 0.434. The summed E-state index contributed by atoms with van der Waals surface area (Å²) in [6.45, 7) is 0. The highest BCUT2D eigenvalue weighted by Gasteiger charge is 2.07. The minimum atomic E-state index is -1.36. The zero-order valence-corrected chi connectivity index (χ0v) is 5.81. The molecule has 1 unspecified atom stereocenters. The van der Waals surface area contributed by atoms with Gasteiger partial charge in [0.15, 0.2) is 0 Å². The van der Waals surface area contributed by atoms with E-state index < -0.39 is 11.5 Å². The molecule has 3 nitrogen and oxygen atoms in total. The summed E-state index contributed by atoms with van der Waals surface area (Å²) in [4.78, 5) is 19.8. The van der Waals surface area contributed by atoms with E-state index in [1.165, 1.54) is 0 Å². The highest BCUT2D eigenvalue weighted by Crippen LogP contribution is 2.11. The van der Waals surface area contributed by atoms with Crippen LogP contribution < -0.4 is 0 Å². The number of thiol groups is 1. The van der Waals surface area contributed by atoms with Gasteiger partial charge in [0.05, 0.1) is 0 Å². The van der Waals surface area contributed by atoms with Crippen molar-refractivity contribution in [2.75, 3.05) is 5.49 Å². The average molecular weight is 152 g/mol. The molecule has 0 spiro atoms. The second-order valence-electron chi connectivity index (χ2n) is 0.969. The van der Waals surface area contributed by atoms with E-state index in [1.54, 1.807) is 0 Å². The standard InChI is InChI=1S/C3H5O3PS/c4-2(5)3(6)7-1-8/h7-8H,1H2,(H,4,5). The summed E-state index contributed by atoms with van der Waals surface area (Å²) < 4.78 is 0. The van der Waals surface area contributed by atoms with Crippen molar-refractivity contribution in [1.82, 2.24) is 0 Å². The van der Waals surface area contributed by atoms with Crippen LogP contribution in [0.15, 0.2) is 0 Å². The molecule has 0 saturated carbocycles. The molecule has 0 aromatic heterocycles. The number of hydrogen-bond donors (Lipinski definition) is 2. The molecule has 0 aromatic rings. The summed E-state index contributed by atoms with van der Waals surface area (Å²) in [5.41, 5.74) is -0.425. The van der Waals surface area contributed by atoms with Crippen molar-refractivity contribution in [3.05, 3.63) is 0 Å². The number of carbonyl (C=O) groups is 2. The minimum Gasteiger partial charge on any atom is -0.475 e. The van der Waals surface area contributed by atoms with Crippen molar-refractivity contribution in [3.63, 3.8) is 0 Å². The van der Waals surface area contributed by atoms with Gasteiger partial charge < -0.3 is 5.11 Å². The first-order valence-corrected chi connectivity index (χ1v) is 3.64. The summed E-state index contributed by atoms with van der Waals surface area (Å²) in [6.07, 6.45) is 0. The first-order chi connectivity index (χ1) is 3.68. The predicted molar refractivity (Wildman–Crippen MR) is 34.8 cm³/mol. The third-order valence-corrected chi connectivity index (χ3v) is 1.60. The maximum atomic E-state index is 10.1. The lowest BCUT2D eigenvalue weighted by Gasteiger charge is -1.85. The van der Waals surface area contributed by atoms with Crippen LogP contribution in [0.1, 0.15) is 0 Å². The first-order valence-electron chi connectivity index (χ1n) is 1.80. The van der Waals surface area contributed by atoms with E-state index >= 15 is 0 Å². The number of rotatable bonds is 3. The zero-order valence-electron chi connectivity index (χ0n) is 3.92. The second kappa shape index (κ2) is 3.87. The van der Waals surface area contributed by atoms with Crippen molar-refractivity contribution < 1.29 is 14.7 Å². The Labute approximate surface area is 53.7 Å². The fourth-order valence-corrected chi connectivity index (χ4v) is 0.873. The van der Waals surface area contributed by atoms with Gasteiger partial charge in [0.1, 0.15) is 0 Å². The topological polar surface area (TPSA) is 54.4 Å². The number of carboxylic acid groups (broad SMARTS) is 1. The Hall–Kier alpha value is -0.0800. The van der Waals surface area contributed by atoms with Crippen LogP contribution in [0.4, 0.5) is 0 Å². The summed E-state index contributed by atoms with van der Waals surface area (Å²) in [5, 5.41) is 7.94. The Morgan fingerprint density at radius 1 is 1.62 bits per heavy atom. The molecule has 5 heteroatoms. The van der Waals surface area contributed by atoms with Crippen LogP contribution in [0.2, 0.25) is 0 Å². The number of hydrogen-bond acceptors (Lipinski definition) is 3. The lowest BCUT2D eigenvalue weighted by Crippen LogP contribution is -2.05. The van der Waals surface area contributed by atoms with Crippen LogP contribution in [-0.2, 0) is 9.59 Å². The lowest BCUT2D eigenvalue weighted by molar-refractivity contribution is -0.145. The largest absolute Gasteiger partial charge is 0.475 e. The van der Waals surface area contributed by atoms with E-state index in [9.17, 15) is 9.59 Å². The second-order valence-corrected chi connectivity index (χ2v) is 3.04. The molecular formula is C3H5O3PS. The first kappa shape index (κ1) is 7.92. The molecule has 0 aliphatic heterocycles. The molecule has 1 atom stereocenters. The normalized spacial score (nSPS) is 10.1. The fraction of sp³-hybridized carbons (Fsp3) is 0.333. The Kier molecular flexibility index (Phi) is 3.83. The molecule has 0 rings (SSSR count). The van der Waals surface area contributed by atoms with E-state index in [1.807, 2.05) is 0 Å². The van der Waals surface area contributed by atoms with Crippen molar-refractivity contribution in [2.45, 2.75) is 0 Å². The van der Waals surface area contributed by atoms with Gasteiger partial charge in [-0.2, -0.15) is 12.6 Å². The maximum Gasteiger partial charge on any atom is 0.376 e. The number of carboxylic acids is 1. The van der Waals surface area contributed by atoms with Crippen LogP contribution >= 0.6 is 21.2 Å². The van der Waals surface area contributed by atoms with Gasteiger partial charge in [-0.25, -0.2) is 4.79 Å². The van der Waals surface area contributed by atoms with Crippen LogP contribution in [0.3, 0.4) is 0 Å². The Balaban J connectivity index is 3.49. The van der Waals surface area contributed by atoms with Gasteiger partial charge in [0, 0.05) is 5.49 Å². The van der Waals surface area contributed by atoms with Crippen molar-refractivity contribution in [2.24, 2.45) is 0 Å². The number of aliphatic carboxylic acids is 1. The van der Waals surface area contributed by atoms with Crippen LogP contribution in [0.25, 0.3) is 0 Å². The van der Waals surface area contributed by atoms with Gasteiger partial charge in [-0.15, -0.1) is 0 Å². The molecule has 0 amide bonds. The predicted octanol–water partition coefficient (Wildman–Crippen LogP) is 0.163. The molecule has 0 aromatic carbocycles. The molecule has 8 heavy (non-hydrogen) atoms. The molecule has 0 radical (unpaired) electrons. The van der Waals surface area contributed by atoms with E-state index in [4.69, 9.17) is 5.11 Å². The molecule has 0 aliphatic carbocycles. The summed E-state index contributed by atoms with van der Waals surface area (Å²) >= 11 is 3.68. The molecule has 0 aliphatic rings. The quantitative estimate of drug-likeness (QED) is 0.344. The van der Waals surface area contributed by atoms with Crippen LogP contribution in [-0.4, -0.2) is 22.1 Å². The minimum absolute atomic E-state index is 0.205. The molecule has 0 saturated heterocycles. The van der Waals surface area contributed by atoms with Crippen molar-refractivity contribution >= 4 is 32.7 Å². The zero-order chi connectivity index (χ0) is 6.57. The van der Waals surface area contributed by atoms with E-state index in [-0.39, 0.29) is 8.58 Å². The summed E-state index contributed by atoms with van der Waals surface area (Å²) in [6, 6.07) is 0. The van der Waals surface area contributed by atoms with Crippen LogP contribution in [0, 0.1) is 0 Å². The molecule has 46 valence electrons. The smallest absolute Gasteiger partial charge is 0.376 e. The Bertz CT molecular complexity index is 113. The van der Waals surface area contributed by atoms with E-state index in [0.29, 0.717) is 5.49 Å². The Morgan fingerprint density at radius 3 is 2.25 bits per heavy atom. The van der Waals surface area contributed by atoms with Crippen molar-refractivity contribution in [3.8, 4) is 0 Å². The van der Waals surface area contributed by atoms with E-state index in [2.05, 4.69) is 12.6 Å². The molecule has 0 fully saturated rings. The van der Waals surface area contributed by atoms with Gasteiger partial charge >= 0.3 is 5.97 Å². The fourth-order valence-electron chi connectivity index (χ4n) is 0.147. The van der Waals surface area contributed by atoms with Gasteiger partial charge in [-0.1, -0.05) is 0 Å². The Morgan fingerprint density at radius 2 is 2.12 bits per heavy atom. The monoisotopic (exact) mass is 152 g/mol. The average Bonchev–Trinajstić information content (AvgIpc) is 1.67. The van der Waals surface area contributed by atoms with E-state index in [0.717, 1.165) is 0 Å².